The second-order valence-electron chi connectivity index (χ2n) is 6.41. The number of nitrogens with zero attached hydrogens (tertiary/aromatic N) is 1. The van der Waals surface area contributed by atoms with Crippen molar-refractivity contribution in [1.29, 1.82) is 0 Å². The van der Waals surface area contributed by atoms with E-state index in [4.69, 9.17) is 9.73 Å². The summed E-state index contributed by atoms with van der Waals surface area (Å²) in [5, 5.41) is 6.85. The quantitative estimate of drug-likeness (QED) is 0.626. The van der Waals surface area contributed by atoms with Crippen LogP contribution in [0.5, 0.6) is 0 Å². The first-order chi connectivity index (χ1) is 11.2. The van der Waals surface area contributed by atoms with Crippen molar-refractivity contribution in [2.45, 2.75) is 51.5 Å². The van der Waals surface area contributed by atoms with Gasteiger partial charge in [-0.3, -0.25) is 4.99 Å². The Bertz CT molecular complexity index is 481. The molecular weight excluding hydrogens is 286 g/mol. The Morgan fingerprint density at radius 2 is 1.91 bits per heavy atom. The molecule has 1 unspecified atom stereocenters. The summed E-state index contributed by atoms with van der Waals surface area (Å²) in [6.45, 7) is 9.80. The Labute approximate surface area is 140 Å². The second-order valence-corrected chi connectivity index (χ2v) is 6.41. The maximum absolute atomic E-state index is 5.60. The third-order valence-electron chi connectivity index (χ3n) is 4.72. The Morgan fingerprint density at radius 3 is 2.52 bits per heavy atom. The third-order valence-corrected chi connectivity index (χ3v) is 4.72. The van der Waals surface area contributed by atoms with Crippen molar-refractivity contribution < 1.29 is 4.74 Å². The predicted molar refractivity (Wildman–Crippen MR) is 97.0 cm³/mol. The van der Waals surface area contributed by atoms with Crippen LogP contribution in [-0.2, 0) is 10.2 Å². The molecule has 0 saturated carbocycles. The van der Waals surface area contributed by atoms with Crippen molar-refractivity contribution in [3.05, 3.63) is 35.9 Å². The van der Waals surface area contributed by atoms with Crippen LogP contribution < -0.4 is 10.6 Å². The van der Waals surface area contributed by atoms with Gasteiger partial charge in [-0.25, -0.2) is 0 Å². The van der Waals surface area contributed by atoms with Gasteiger partial charge in [0.05, 0.1) is 6.54 Å². The van der Waals surface area contributed by atoms with Gasteiger partial charge >= 0.3 is 0 Å². The molecule has 1 aromatic rings. The molecule has 1 fully saturated rings. The summed E-state index contributed by atoms with van der Waals surface area (Å²) in [4.78, 5) is 4.91. The minimum atomic E-state index is 0.0946. The number of rotatable bonds is 6. The molecule has 0 bridgehead atoms. The molecular formula is C19H31N3O. The van der Waals surface area contributed by atoms with E-state index in [0.717, 1.165) is 51.5 Å². The molecule has 0 aromatic heterocycles. The Hall–Kier alpha value is -1.55. The zero-order valence-corrected chi connectivity index (χ0v) is 14.8. The van der Waals surface area contributed by atoms with Crippen molar-refractivity contribution in [3.63, 3.8) is 0 Å². The SMILES string of the molecule is CCNC(=NCC1(c2ccccc2)CCOCC1)NC(C)CC. The highest BCUT2D eigenvalue weighted by Crippen LogP contribution is 2.35. The van der Waals surface area contributed by atoms with Crippen molar-refractivity contribution in [2.24, 2.45) is 4.99 Å². The van der Waals surface area contributed by atoms with Crippen LogP contribution >= 0.6 is 0 Å². The zero-order chi connectivity index (χ0) is 16.5. The van der Waals surface area contributed by atoms with Crippen LogP contribution in [0.2, 0.25) is 0 Å². The molecule has 128 valence electrons. The van der Waals surface area contributed by atoms with E-state index < -0.39 is 0 Å². The number of hydrogen-bond donors (Lipinski definition) is 2. The number of hydrogen-bond acceptors (Lipinski definition) is 2. The summed E-state index contributed by atoms with van der Waals surface area (Å²) in [7, 11) is 0. The molecule has 1 aliphatic heterocycles. The van der Waals surface area contributed by atoms with Crippen molar-refractivity contribution in [3.8, 4) is 0 Å². The number of benzene rings is 1. The maximum atomic E-state index is 5.60. The molecule has 2 N–H and O–H groups in total. The molecule has 1 saturated heterocycles. The molecule has 4 heteroatoms. The third kappa shape index (κ3) is 4.96. The summed E-state index contributed by atoms with van der Waals surface area (Å²) < 4.78 is 5.60. The largest absolute Gasteiger partial charge is 0.381 e. The maximum Gasteiger partial charge on any atom is 0.191 e. The highest BCUT2D eigenvalue weighted by molar-refractivity contribution is 5.80. The molecule has 1 heterocycles. The van der Waals surface area contributed by atoms with Gasteiger partial charge in [-0.1, -0.05) is 37.3 Å². The zero-order valence-electron chi connectivity index (χ0n) is 14.8. The van der Waals surface area contributed by atoms with E-state index in [1.54, 1.807) is 0 Å². The molecule has 1 atom stereocenters. The van der Waals surface area contributed by atoms with Gasteiger partial charge in [0, 0.05) is 31.2 Å². The molecule has 0 aliphatic carbocycles. The number of ether oxygens (including phenoxy) is 1. The van der Waals surface area contributed by atoms with E-state index in [2.05, 4.69) is 61.7 Å². The van der Waals surface area contributed by atoms with Crippen LogP contribution in [0.3, 0.4) is 0 Å². The van der Waals surface area contributed by atoms with Gasteiger partial charge < -0.3 is 15.4 Å². The van der Waals surface area contributed by atoms with Crippen LogP contribution in [0.25, 0.3) is 0 Å². The number of guanidine groups is 1. The molecule has 2 rings (SSSR count). The minimum Gasteiger partial charge on any atom is -0.381 e. The summed E-state index contributed by atoms with van der Waals surface area (Å²) in [6, 6.07) is 11.2. The van der Waals surface area contributed by atoms with E-state index in [1.807, 2.05) is 0 Å². The molecule has 0 radical (unpaired) electrons. The molecule has 1 aromatic carbocycles. The fourth-order valence-electron chi connectivity index (χ4n) is 2.98. The lowest BCUT2D eigenvalue weighted by Crippen LogP contribution is -2.44. The molecule has 0 amide bonds. The first-order valence-corrected chi connectivity index (χ1v) is 8.88. The highest BCUT2D eigenvalue weighted by Gasteiger charge is 2.34. The standard InChI is InChI=1S/C19H31N3O/c1-4-16(3)22-18(20-5-2)21-15-19(11-13-23-14-12-19)17-9-7-6-8-10-17/h6-10,16H,4-5,11-15H2,1-3H3,(H2,20,21,22). The summed E-state index contributed by atoms with van der Waals surface area (Å²) in [5.74, 6) is 0.920. The van der Waals surface area contributed by atoms with Crippen molar-refractivity contribution in [1.82, 2.24) is 10.6 Å². The van der Waals surface area contributed by atoms with Gasteiger partial charge in [0.1, 0.15) is 0 Å². The van der Waals surface area contributed by atoms with Crippen molar-refractivity contribution >= 4 is 5.96 Å². The Kier molecular flexibility index (Phi) is 6.90. The van der Waals surface area contributed by atoms with E-state index >= 15 is 0 Å². The van der Waals surface area contributed by atoms with E-state index in [0.29, 0.717) is 6.04 Å². The normalized spacial score (nSPS) is 19.2. The number of aliphatic imine (C=N–C) groups is 1. The second kappa shape index (κ2) is 8.92. The lowest BCUT2D eigenvalue weighted by molar-refractivity contribution is 0.0531. The van der Waals surface area contributed by atoms with Crippen LogP contribution in [0, 0.1) is 0 Å². The Morgan fingerprint density at radius 1 is 1.22 bits per heavy atom. The fourth-order valence-corrected chi connectivity index (χ4v) is 2.98. The first kappa shape index (κ1) is 17.8. The van der Waals surface area contributed by atoms with Gasteiger partial charge in [0.15, 0.2) is 5.96 Å². The average Bonchev–Trinajstić information content (AvgIpc) is 2.61. The Balaban J connectivity index is 2.17. The lowest BCUT2D eigenvalue weighted by Gasteiger charge is -2.36. The van der Waals surface area contributed by atoms with Gasteiger partial charge in [-0.15, -0.1) is 0 Å². The van der Waals surface area contributed by atoms with Crippen LogP contribution in [0.1, 0.15) is 45.6 Å². The van der Waals surface area contributed by atoms with Gasteiger partial charge in [-0.05, 0) is 38.7 Å². The molecule has 4 nitrogen and oxygen atoms in total. The van der Waals surface area contributed by atoms with Crippen molar-refractivity contribution in [2.75, 3.05) is 26.3 Å². The molecule has 1 aliphatic rings. The van der Waals surface area contributed by atoms with Crippen LogP contribution in [0.4, 0.5) is 0 Å². The van der Waals surface area contributed by atoms with Crippen LogP contribution in [-0.4, -0.2) is 38.3 Å². The van der Waals surface area contributed by atoms with Crippen LogP contribution in [0.15, 0.2) is 35.3 Å². The molecule has 23 heavy (non-hydrogen) atoms. The lowest BCUT2D eigenvalue weighted by atomic mass is 9.74. The average molecular weight is 317 g/mol. The van der Waals surface area contributed by atoms with Gasteiger partial charge in [0.2, 0.25) is 0 Å². The van der Waals surface area contributed by atoms with E-state index in [1.165, 1.54) is 5.56 Å². The minimum absolute atomic E-state index is 0.0946. The predicted octanol–water partition coefficient (Wildman–Crippen LogP) is 3.09. The smallest absolute Gasteiger partial charge is 0.191 e. The van der Waals surface area contributed by atoms with E-state index in [-0.39, 0.29) is 5.41 Å². The summed E-state index contributed by atoms with van der Waals surface area (Å²) >= 11 is 0. The first-order valence-electron chi connectivity index (χ1n) is 8.88. The summed E-state index contributed by atoms with van der Waals surface area (Å²) in [5.41, 5.74) is 1.48. The fraction of sp³-hybridized carbons (Fsp3) is 0.632. The highest BCUT2D eigenvalue weighted by atomic mass is 16.5. The topological polar surface area (TPSA) is 45.7 Å². The monoisotopic (exact) mass is 317 g/mol. The van der Waals surface area contributed by atoms with E-state index in [9.17, 15) is 0 Å². The summed E-state index contributed by atoms with van der Waals surface area (Å²) in [6.07, 6.45) is 3.15. The van der Waals surface area contributed by atoms with Gasteiger partial charge in [0.25, 0.3) is 0 Å². The van der Waals surface area contributed by atoms with Gasteiger partial charge in [-0.2, -0.15) is 0 Å². The molecule has 0 spiro atoms. The number of nitrogens with one attached hydrogen (secondary N) is 2.